The van der Waals surface area contributed by atoms with Gasteiger partial charge in [0, 0.05) is 5.69 Å². The van der Waals surface area contributed by atoms with Crippen LogP contribution in [0, 0.1) is 12.7 Å². The van der Waals surface area contributed by atoms with Crippen LogP contribution in [-0.4, -0.2) is 19.6 Å². The highest BCUT2D eigenvalue weighted by Gasteiger charge is 2.39. The summed E-state index contributed by atoms with van der Waals surface area (Å²) in [4.78, 5) is 20.0. The van der Waals surface area contributed by atoms with E-state index in [0.717, 1.165) is 0 Å². The Morgan fingerprint density at radius 2 is 1.77 bits per heavy atom. The van der Waals surface area contributed by atoms with Crippen molar-refractivity contribution in [2.24, 2.45) is 0 Å². The van der Waals surface area contributed by atoms with E-state index in [1.807, 2.05) is 0 Å². The van der Waals surface area contributed by atoms with E-state index in [-0.39, 0.29) is 45.0 Å². The number of aromatic amines is 1. The molecule has 0 atom stereocenters. The molecule has 0 saturated carbocycles. The third-order valence-electron chi connectivity index (χ3n) is 4.89. The summed E-state index contributed by atoms with van der Waals surface area (Å²) in [6, 6.07) is 11.9. The fourth-order valence-electron chi connectivity index (χ4n) is 3.54. The Balaban J connectivity index is 1.84. The van der Waals surface area contributed by atoms with E-state index >= 15 is 0 Å². The molecule has 3 heterocycles. The van der Waals surface area contributed by atoms with Gasteiger partial charge in [0.2, 0.25) is 5.89 Å². The minimum absolute atomic E-state index is 0.0854. The lowest BCUT2D eigenvalue weighted by atomic mass is 10.1. The number of fused-ring (bicyclic) bond motifs is 2. The first-order valence-electron chi connectivity index (χ1n) is 9.09. The van der Waals surface area contributed by atoms with Crippen LogP contribution in [0.25, 0.3) is 39.3 Å². The summed E-state index contributed by atoms with van der Waals surface area (Å²) >= 11 is 0. The molecule has 2 aromatic carbocycles. The highest BCUT2D eigenvalue weighted by molar-refractivity contribution is 5.82. The van der Waals surface area contributed by atoms with Crippen LogP contribution in [-0.2, 0) is 6.18 Å². The molecular weight excluding hydrogens is 416 g/mol. The molecule has 5 rings (SSSR count). The second-order valence-electron chi connectivity index (χ2n) is 6.88. The Labute approximate surface area is 170 Å². The summed E-state index contributed by atoms with van der Waals surface area (Å²) in [5.41, 5.74) is -2.10. The average molecular weight is 428 g/mol. The number of hydrogen-bond donors (Lipinski definition) is 1. The van der Waals surface area contributed by atoms with Crippen LogP contribution < -0.4 is 5.56 Å². The van der Waals surface area contributed by atoms with Crippen LogP contribution in [0.2, 0.25) is 0 Å². The lowest BCUT2D eigenvalue weighted by Crippen LogP contribution is -2.20. The molecule has 0 fully saturated rings. The van der Waals surface area contributed by atoms with E-state index in [1.54, 1.807) is 18.2 Å². The first kappa shape index (κ1) is 19.0. The fourth-order valence-corrected chi connectivity index (χ4v) is 3.54. The standard InChI is InChI=1S/C21H12F4N4O2/c1-10-14(19-27-16-12(22)8-5-9-13(16)31-19)20(30)29-18(26-10)15(11-6-3-2-4-7-11)17(28-29)21(23,24)25/h2-9,26H,1H3. The molecule has 0 aliphatic rings. The Hall–Kier alpha value is -3.95. The first-order chi connectivity index (χ1) is 14.8. The van der Waals surface area contributed by atoms with Gasteiger partial charge in [-0.2, -0.15) is 22.8 Å². The molecule has 0 amide bonds. The zero-order chi connectivity index (χ0) is 21.9. The molecule has 0 aliphatic carbocycles. The van der Waals surface area contributed by atoms with Crippen molar-refractivity contribution in [2.45, 2.75) is 13.1 Å². The Bertz CT molecular complexity index is 1510. The molecule has 5 aromatic rings. The van der Waals surface area contributed by atoms with E-state index < -0.39 is 23.2 Å². The molecule has 0 aliphatic heterocycles. The molecule has 6 nitrogen and oxygen atoms in total. The van der Waals surface area contributed by atoms with Gasteiger partial charge < -0.3 is 9.40 Å². The minimum atomic E-state index is -4.80. The van der Waals surface area contributed by atoms with Crippen LogP contribution in [0.15, 0.2) is 57.7 Å². The van der Waals surface area contributed by atoms with E-state index in [9.17, 15) is 22.4 Å². The van der Waals surface area contributed by atoms with Crippen molar-refractivity contribution in [3.8, 4) is 22.6 Å². The van der Waals surface area contributed by atoms with Crippen molar-refractivity contribution in [2.75, 3.05) is 0 Å². The molecule has 156 valence electrons. The first-order valence-corrected chi connectivity index (χ1v) is 9.09. The molecule has 0 radical (unpaired) electrons. The Morgan fingerprint density at radius 3 is 2.45 bits per heavy atom. The second-order valence-corrected chi connectivity index (χ2v) is 6.88. The number of oxazole rings is 1. The number of alkyl halides is 3. The topological polar surface area (TPSA) is 76.2 Å². The van der Waals surface area contributed by atoms with Gasteiger partial charge in [0.1, 0.15) is 16.7 Å². The number of halogens is 4. The van der Waals surface area contributed by atoms with Crippen molar-refractivity contribution in [3.05, 3.63) is 76.1 Å². The summed E-state index contributed by atoms with van der Waals surface area (Å²) in [6.07, 6.45) is -4.80. The van der Waals surface area contributed by atoms with Crippen LogP contribution >= 0.6 is 0 Å². The largest absolute Gasteiger partial charge is 0.436 e. The maximum absolute atomic E-state index is 14.0. The lowest BCUT2D eigenvalue weighted by Gasteiger charge is -2.07. The van der Waals surface area contributed by atoms with Gasteiger partial charge >= 0.3 is 6.18 Å². The molecule has 0 spiro atoms. The van der Waals surface area contributed by atoms with Crippen LogP contribution in [0.3, 0.4) is 0 Å². The number of benzene rings is 2. The maximum Gasteiger partial charge on any atom is 0.435 e. The van der Waals surface area contributed by atoms with Crippen LogP contribution in [0.1, 0.15) is 11.4 Å². The molecule has 0 bridgehead atoms. The van der Waals surface area contributed by atoms with Crippen molar-refractivity contribution >= 4 is 16.7 Å². The average Bonchev–Trinajstić information content (AvgIpc) is 3.31. The van der Waals surface area contributed by atoms with Gasteiger partial charge in [0.25, 0.3) is 5.56 Å². The van der Waals surface area contributed by atoms with Gasteiger partial charge in [0.05, 0.1) is 5.56 Å². The smallest absolute Gasteiger partial charge is 0.435 e. The summed E-state index contributed by atoms with van der Waals surface area (Å²) in [5, 5.41) is 3.56. The molecule has 0 unspecified atom stereocenters. The van der Waals surface area contributed by atoms with E-state index in [1.165, 1.54) is 37.3 Å². The van der Waals surface area contributed by atoms with Gasteiger partial charge in [-0.25, -0.2) is 9.37 Å². The summed E-state index contributed by atoms with van der Waals surface area (Å²) in [7, 11) is 0. The molecule has 3 aromatic heterocycles. The predicted octanol–water partition coefficient (Wildman–Crippen LogP) is 4.96. The van der Waals surface area contributed by atoms with Crippen molar-refractivity contribution in [1.29, 1.82) is 0 Å². The second kappa shape index (κ2) is 6.53. The quantitative estimate of drug-likeness (QED) is 0.403. The summed E-state index contributed by atoms with van der Waals surface area (Å²) in [6.45, 7) is 1.50. The van der Waals surface area contributed by atoms with Gasteiger partial charge in [-0.1, -0.05) is 36.4 Å². The normalized spacial score (nSPS) is 12.2. The Morgan fingerprint density at radius 1 is 1.03 bits per heavy atom. The van der Waals surface area contributed by atoms with Gasteiger partial charge in [0.15, 0.2) is 17.1 Å². The molecule has 0 saturated heterocycles. The highest BCUT2D eigenvalue weighted by atomic mass is 19.4. The van der Waals surface area contributed by atoms with Gasteiger partial charge in [-0.15, -0.1) is 0 Å². The predicted molar refractivity (Wildman–Crippen MR) is 104 cm³/mol. The van der Waals surface area contributed by atoms with Crippen molar-refractivity contribution < 1.29 is 22.0 Å². The van der Waals surface area contributed by atoms with E-state index in [0.29, 0.717) is 4.52 Å². The molecule has 10 heteroatoms. The highest BCUT2D eigenvalue weighted by Crippen LogP contribution is 2.38. The van der Waals surface area contributed by atoms with Crippen LogP contribution in [0.4, 0.5) is 17.6 Å². The third kappa shape index (κ3) is 2.90. The summed E-state index contributed by atoms with van der Waals surface area (Å²) < 4.78 is 61.4. The van der Waals surface area contributed by atoms with Crippen molar-refractivity contribution in [3.63, 3.8) is 0 Å². The lowest BCUT2D eigenvalue weighted by molar-refractivity contribution is -0.140. The number of aromatic nitrogens is 4. The molecule has 31 heavy (non-hydrogen) atoms. The minimum Gasteiger partial charge on any atom is -0.436 e. The number of nitrogens with zero attached hydrogens (tertiary/aromatic N) is 3. The van der Waals surface area contributed by atoms with Gasteiger partial charge in [-0.05, 0) is 24.6 Å². The third-order valence-corrected chi connectivity index (χ3v) is 4.89. The SMILES string of the molecule is Cc1[nH]c2c(-c3ccccc3)c(C(F)(F)F)nn2c(=O)c1-c1nc2c(F)cccc2o1. The number of para-hydroxylation sites is 1. The van der Waals surface area contributed by atoms with Crippen LogP contribution in [0.5, 0.6) is 0 Å². The van der Waals surface area contributed by atoms with E-state index in [4.69, 9.17) is 4.42 Å². The number of hydrogen-bond acceptors (Lipinski definition) is 4. The molecule has 1 N–H and O–H groups in total. The monoisotopic (exact) mass is 428 g/mol. The fraction of sp³-hybridized carbons (Fsp3) is 0.0952. The zero-order valence-corrected chi connectivity index (χ0v) is 15.8. The zero-order valence-electron chi connectivity index (χ0n) is 15.8. The summed E-state index contributed by atoms with van der Waals surface area (Å²) in [5.74, 6) is -0.862. The maximum atomic E-state index is 14.0. The number of nitrogens with one attached hydrogen (secondary N) is 1. The number of H-pyrrole nitrogens is 1. The van der Waals surface area contributed by atoms with E-state index in [2.05, 4.69) is 15.1 Å². The Kier molecular flexibility index (Phi) is 4.01. The number of aryl methyl sites for hydroxylation is 1. The van der Waals surface area contributed by atoms with Crippen molar-refractivity contribution in [1.82, 2.24) is 19.6 Å². The van der Waals surface area contributed by atoms with Gasteiger partial charge in [-0.3, -0.25) is 4.79 Å². The number of rotatable bonds is 2. The molecular formula is C21H12F4N4O2.